The summed E-state index contributed by atoms with van der Waals surface area (Å²) in [5, 5.41) is 12.2. The maximum Gasteiger partial charge on any atom is 0.0991 e. The van der Waals surface area contributed by atoms with Crippen LogP contribution in [0.5, 0.6) is 0 Å². The molecule has 0 bridgehead atoms. The van der Waals surface area contributed by atoms with Crippen LogP contribution in [0, 0.1) is 17.2 Å². The van der Waals surface area contributed by atoms with Gasteiger partial charge in [-0.1, -0.05) is 18.2 Å². The standard InChI is InChI=1S/C14H16N2/c1-2-11-7-8-16-14(9-11)13-5-3-12(10-15)4-6-13/h2-6,11,14,16H,1,7-9H2. The van der Waals surface area contributed by atoms with Gasteiger partial charge in [0, 0.05) is 6.04 Å². The number of piperidine rings is 1. The quantitative estimate of drug-likeness (QED) is 0.765. The van der Waals surface area contributed by atoms with Crippen LogP contribution in [0.15, 0.2) is 36.9 Å². The van der Waals surface area contributed by atoms with E-state index >= 15 is 0 Å². The molecule has 1 fully saturated rings. The molecule has 1 aromatic rings. The molecular formula is C14H16N2. The molecular weight excluding hydrogens is 196 g/mol. The first-order valence-electron chi connectivity index (χ1n) is 5.69. The third-order valence-corrected chi connectivity index (χ3v) is 3.22. The molecule has 2 unspecified atom stereocenters. The van der Waals surface area contributed by atoms with E-state index in [-0.39, 0.29) is 0 Å². The molecule has 0 radical (unpaired) electrons. The van der Waals surface area contributed by atoms with Gasteiger partial charge in [0.05, 0.1) is 11.6 Å². The number of rotatable bonds is 2. The highest BCUT2D eigenvalue weighted by atomic mass is 14.9. The summed E-state index contributed by atoms with van der Waals surface area (Å²) >= 11 is 0. The van der Waals surface area contributed by atoms with Crippen molar-refractivity contribution in [3.05, 3.63) is 48.0 Å². The number of nitriles is 1. The molecule has 2 heteroatoms. The second-order valence-electron chi connectivity index (χ2n) is 4.26. The van der Waals surface area contributed by atoms with Gasteiger partial charge in [-0.05, 0) is 43.0 Å². The zero-order chi connectivity index (χ0) is 11.4. The monoisotopic (exact) mass is 212 g/mol. The Bertz CT molecular complexity index is 400. The van der Waals surface area contributed by atoms with Crippen LogP contribution in [-0.4, -0.2) is 6.54 Å². The van der Waals surface area contributed by atoms with Crippen molar-refractivity contribution >= 4 is 0 Å². The first-order chi connectivity index (χ1) is 7.83. The minimum Gasteiger partial charge on any atom is -0.310 e. The summed E-state index contributed by atoms with van der Waals surface area (Å²) in [6.45, 7) is 4.91. The average Bonchev–Trinajstić information content (AvgIpc) is 2.39. The van der Waals surface area contributed by atoms with E-state index in [9.17, 15) is 0 Å². The van der Waals surface area contributed by atoms with Crippen LogP contribution in [0.25, 0.3) is 0 Å². The highest BCUT2D eigenvalue weighted by Gasteiger charge is 2.20. The van der Waals surface area contributed by atoms with Gasteiger partial charge in [0.1, 0.15) is 0 Å². The molecule has 2 nitrogen and oxygen atoms in total. The highest BCUT2D eigenvalue weighted by Crippen LogP contribution is 2.27. The zero-order valence-corrected chi connectivity index (χ0v) is 9.32. The predicted octanol–water partition coefficient (Wildman–Crippen LogP) is 2.78. The van der Waals surface area contributed by atoms with E-state index in [1.54, 1.807) is 0 Å². The Hall–Kier alpha value is -1.59. The third-order valence-electron chi connectivity index (χ3n) is 3.22. The van der Waals surface area contributed by atoms with Crippen molar-refractivity contribution in [3.63, 3.8) is 0 Å². The Morgan fingerprint density at radius 3 is 2.75 bits per heavy atom. The summed E-state index contributed by atoms with van der Waals surface area (Å²) in [6, 6.07) is 10.4. The molecule has 16 heavy (non-hydrogen) atoms. The second kappa shape index (κ2) is 4.96. The molecule has 2 rings (SSSR count). The van der Waals surface area contributed by atoms with E-state index in [0.29, 0.717) is 12.0 Å². The van der Waals surface area contributed by atoms with Gasteiger partial charge in [-0.25, -0.2) is 0 Å². The first kappa shape index (κ1) is 10.9. The summed E-state index contributed by atoms with van der Waals surface area (Å²) in [6.07, 6.45) is 4.34. The summed E-state index contributed by atoms with van der Waals surface area (Å²) in [4.78, 5) is 0. The zero-order valence-electron chi connectivity index (χ0n) is 9.32. The summed E-state index contributed by atoms with van der Waals surface area (Å²) in [7, 11) is 0. The van der Waals surface area contributed by atoms with E-state index in [0.717, 1.165) is 18.5 Å². The Labute approximate surface area is 96.6 Å². The lowest BCUT2D eigenvalue weighted by Crippen LogP contribution is -2.31. The molecule has 0 amide bonds. The van der Waals surface area contributed by atoms with Gasteiger partial charge in [0.2, 0.25) is 0 Å². The number of hydrogen-bond donors (Lipinski definition) is 1. The number of hydrogen-bond acceptors (Lipinski definition) is 2. The number of nitrogens with one attached hydrogen (secondary N) is 1. The highest BCUT2D eigenvalue weighted by molar-refractivity contribution is 5.33. The van der Waals surface area contributed by atoms with E-state index in [4.69, 9.17) is 5.26 Å². The van der Waals surface area contributed by atoms with E-state index in [2.05, 4.69) is 24.0 Å². The van der Waals surface area contributed by atoms with Crippen molar-refractivity contribution < 1.29 is 0 Å². The van der Waals surface area contributed by atoms with Crippen molar-refractivity contribution in [2.75, 3.05) is 6.54 Å². The van der Waals surface area contributed by atoms with Gasteiger partial charge >= 0.3 is 0 Å². The molecule has 1 aliphatic heterocycles. The second-order valence-corrected chi connectivity index (χ2v) is 4.26. The van der Waals surface area contributed by atoms with Crippen LogP contribution in [0.4, 0.5) is 0 Å². The number of allylic oxidation sites excluding steroid dienone is 1. The molecule has 1 N–H and O–H groups in total. The lowest BCUT2D eigenvalue weighted by Gasteiger charge is -2.28. The van der Waals surface area contributed by atoms with Crippen LogP contribution >= 0.6 is 0 Å². The van der Waals surface area contributed by atoms with E-state index in [1.165, 1.54) is 12.0 Å². The average molecular weight is 212 g/mol. The number of nitrogens with zero attached hydrogens (tertiary/aromatic N) is 1. The van der Waals surface area contributed by atoms with Crippen LogP contribution in [-0.2, 0) is 0 Å². The van der Waals surface area contributed by atoms with Crippen LogP contribution in [0.2, 0.25) is 0 Å². The van der Waals surface area contributed by atoms with Gasteiger partial charge in [-0.3, -0.25) is 0 Å². The molecule has 0 spiro atoms. The van der Waals surface area contributed by atoms with Crippen LogP contribution in [0.1, 0.15) is 30.0 Å². The minimum atomic E-state index is 0.407. The maximum absolute atomic E-state index is 8.74. The fourth-order valence-corrected chi connectivity index (χ4v) is 2.20. The molecule has 1 aromatic carbocycles. The van der Waals surface area contributed by atoms with Gasteiger partial charge in [0.25, 0.3) is 0 Å². The van der Waals surface area contributed by atoms with Crippen LogP contribution < -0.4 is 5.32 Å². The van der Waals surface area contributed by atoms with Gasteiger partial charge in [0.15, 0.2) is 0 Å². The maximum atomic E-state index is 8.74. The minimum absolute atomic E-state index is 0.407. The smallest absolute Gasteiger partial charge is 0.0991 e. The Balaban J connectivity index is 2.11. The molecule has 0 aromatic heterocycles. The van der Waals surface area contributed by atoms with Crippen molar-refractivity contribution in [2.24, 2.45) is 5.92 Å². The molecule has 82 valence electrons. The van der Waals surface area contributed by atoms with Crippen molar-refractivity contribution in [3.8, 4) is 6.07 Å². The fourth-order valence-electron chi connectivity index (χ4n) is 2.20. The molecule has 1 saturated heterocycles. The molecule has 2 atom stereocenters. The van der Waals surface area contributed by atoms with E-state index < -0.39 is 0 Å². The SMILES string of the molecule is C=CC1CCNC(c2ccc(C#N)cc2)C1. The summed E-state index contributed by atoms with van der Waals surface area (Å²) in [5.74, 6) is 0.613. The Morgan fingerprint density at radius 1 is 1.38 bits per heavy atom. The lowest BCUT2D eigenvalue weighted by molar-refractivity contribution is 0.351. The largest absolute Gasteiger partial charge is 0.310 e. The van der Waals surface area contributed by atoms with Crippen LogP contribution in [0.3, 0.4) is 0 Å². The molecule has 0 saturated carbocycles. The van der Waals surface area contributed by atoms with Gasteiger partial charge < -0.3 is 5.32 Å². The normalized spacial score (nSPS) is 24.7. The van der Waals surface area contributed by atoms with Crippen molar-refractivity contribution in [2.45, 2.75) is 18.9 Å². The van der Waals surface area contributed by atoms with E-state index in [1.807, 2.05) is 24.3 Å². The summed E-state index contributed by atoms with van der Waals surface area (Å²) < 4.78 is 0. The topological polar surface area (TPSA) is 35.8 Å². The summed E-state index contributed by atoms with van der Waals surface area (Å²) in [5.41, 5.74) is 1.99. The van der Waals surface area contributed by atoms with Gasteiger partial charge in [-0.15, -0.1) is 6.58 Å². The first-order valence-corrected chi connectivity index (χ1v) is 5.69. The predicted molar refractivity (Wildman–Crippen MR) is 64.8 cm³/mol. The Kier molecular flexibility index (Phi) is 3.38. The van der Waals surface area contributed by atoms with Gasteiger partial charge in [-0.2, -0.15) is 5.26 Å². The fraction of sp³-hybridized carbons (Fsp3) is 0.357. The molecule has 0 aliphatic carbocycles. The lowest BCUT2D eigenvalue weighted by atomic mass is 9.89. The van der Waals surface area contributed by atoms with Crippen molar-refractivity contribution in [1.82, 2.24) is 5.32 Å². The third kappa shape index (κ3) is 2.32. The van der Waals surface area contributed by atoms with Crippen molar-refractivity contribution in [1.29, 1.82) is 5.26 Å². The molecule has 1 heterocycles. The number of benzene rings is 1. The molecule has 1 aliphatic rings. The Morgan fingerprint density at radius 2 is 2.12 bits per heavy atom.